The lowest BCUT2D eigenvalue weighted by Gasteiger charge is -2.29. The van der Waals surface area contributed by atoms with Crippen LogP contribution in [-0.4, -0.2) is 35.9 Å². The highest BCUT2D eigenvalue weighted by atomic mass is 16.5. The normalized spacial score (nSPS) is 27.9. The number of nitrogens with zero attached hydrogens (tertiary/aromatic N) is 2. The molecule has 0 saturated carbocycles. The van der Waals surface area contributed by atoms with Gasteiger partial charge in [-0.05, 0) is 6.42 Å². The highest BCUT2D eigenvalue weighted by molar-refractivity contribution is 5.13. The van der Waals surface area contributed by atoms with Crippen molar-refractivity contribution in [2.24, 2.45) is 0 Å². The van der Waals surface area contributed by atoms with E-state index in [-0.39, 0.29) is 0 Å². The summed E-state index contributed by atoms with van der Waals surface area (Å²) in [6.07, 6.45) is 5.08. The number of nitrogens with one attached hydrogen (secondary N) is 1. The van der Waals surface area contributed by atoms with E-state index in [1.807, 2.05) is 12.5 Å². The Morgan fingerprint density at radius 2 is 2.43 bits per heavy atom. The summed E-state index contributed by atoms with van der Waals surface area (Å²) >= 11 is 0. The standard InChI is InChI=1S/C10H15N3O/c1-2-14-6-9(1)13-7-12-5-10(13)8-3-11-4-8/h5,7-9,11H,1-4,6H2. The Balaban J connectivity index is 1.85. The van der Waals surface area contributed by atoms with Crippen LogP contribution in [0.5, 0.6) is 0 Å². The van der Waals surface area contributed by atoms with Gasteiger partial charge in [-0.2, -0.15) is 0 Å². The predicted octanol–water partition coefficient (Wildman–Crippen LogP) is 0.531. The van der Waals surface area contributed by atoms with E-state index in [0.29, 0.717) is 12.0 Å². The molecule has 3 rings (SSSR count). The third kappa shape index (κ3) is 1.26. The smallest absolute Gasteiger partial charge is 0.0951 e. The van der Waals surface area contributed by atoms with E-state index < -0.39 is 0 Å². The first-order chi connectivity index (χ1) is 6.95. The molecule has 1 aromatic heterocycles. The third-order valence-electron chi connectivity index (χ3n) is 3.19. The average Bonchev–Trinajstić information content (AvgIpc) is 2.66. The molecule has 0 aromatic carbocycles. The highest BCUT2D eigenvalue weighted by Gasteiger charge is 2.26. The van der Waals surface area contributed by atoms with Crippen LogP contribution >= 0.6 is 0 Å². The van der Waals surface area contributed by atoms with Gasteiger partial charge in [0.25, 0.3) is 0 Å². The van der Waals surface area contributed by atoms with Gasteiger partial charge >= 0.3 is 0 Å². The zero-order valence-corrected chi connectivity index (χ0v) is 8.15. The molecule has 1 atom stereocenters. The first kappa shape index (κ1) is 8.44. The molecule has 4 nitrogen and oxygen atoms in total. The summed E-state index contributed by atoms with van der Waals surface area (Å²) in [5, 5.41) is 3.29. The van der Waals surface area contributed by atoms with Gasteiger partial charge in [-0.25, -0.2) is 4.98 Å². The van der Waals surface area contributed by atoms with Gasteiger partial charge in [-0.15, -0.1) is 0 Å². The van der Waals surface area contributed by atoms with Gasteiger partial charge in [0.2, 0.25) is 0 Å². The summed E-state index contributed by atoms with van der Waals surface area (Å²) in [6, 6.07) is 0.521. The number of imidazole rings is 1. The van der Waals surface area contributed by atoms with Crippen molar-refractivity contribution >= 4 is 0 Å². The Morgan fingerprint density at radius 1 is 1.50 bits per heavy atom. The summed E-state index contributed by atoms with van der Waals surface area (Å²) in [5.41, 5.74) is 1.37. The van der Waals surface area contributed by atoms with Gasteiger partial charge in [0.1, 0.15) is 0 Å². The lowest BCUT2D eigenvalue weighted by molar-refractivity contribution is 0.185. The van der Waals surface area contributed by atoms with E-state index in [1.54, 1.807) is 0 Å². The number of rotatable bonds is 2. The zero-order chi connectivity index (χ0) is 9.38. The maximum Gasteiger partial charge on any atom is 0.0951 e. The predicted molar refractivity (Wildman–Crippen MR) is 52.3 cm³/mol. The first-order valence-corrected chi connectivity index (χ1v) is 5.25. The Hall–Kier alpha value is -0.870. The Morgan fingerprint density at radius 3 is 3.07 bits per heavy atom. The van der Waals surface area contributed by atoms with Crippen molar-refractivity contribution in [2.45, 2.75) is 18.4 Å². The summed E-state index contributed by atoms with van der Waals surface area (Å²) in [6.45, 7) is 3.94. The summed E-state index contributed by atoms with van der Waals surface area (Å²) in [4.78, 5) is 4.25. The molecule has 0 aliphatic carbocycles. The van der Waals surface area contributed by atoms with Gasteiger partial charge in [-0.3, -0.25) is 0 Å². The largest absolute Gasteiger partial charge is 0.379 e. The van der Waals surface area contributed by atoms with E-state index in [2.05, 4.69) is 14.9 Å². The van der Waals surface area contributed by atoms with Crippen molar-refractivity contribution in [1.29, 1.82) is 0 Å². The van der Waals surface area contributed by atoms with Gasteiger partial charge in [0, 0.05) is 37.5 Å². The fourth-order valence-corrected chi connectivity index (χ4v) is 2.18. The van der Waals surface area contributed by atoms with Crippen LogP contribution in [0.2, 0.25) is 0 Å². The van der Waals surface area contributed by atoms with Crippen molar-refractivity contribution < 1.29 is 4.74 Å². The number of ether oxygens (including phenoxy) is 1. The van der Waals surface area contributed by atoms with Crippen molar-refractivity contribution in [3.05, 3.63) is 18.2 Å². The van der Waals surface area contributed by atoms with E-state index in [4.69, 9.17) is 4.74 Å². The minimum Gasteiger partial charge on any atom is -0.379 e. The van der Waals surface area contributed by atoms with E-state index in [9.17, 15) is 0 Å². The molecule has 0 amide bonds. The topological polar surface area (TPSA) is 39.1 Å². The Bertz CT molecular complexity index is 313. The highest BCUT2D eigenvalue weighted by Crippen LogP contribution is 2.26. The minimum absolute atomic E-state index is 0.521. The maximum atomic E-state index is 5.40. The van der Waals surface area contributed by atoms with Crippen molar-refractivity contribution in [3.63, 3.8) is 0 Å². The van der Waals surface area contributed by atoms with Crippen LogP contribution in [0.3, 0.4) is 0 Å². The van der Waals surface area contributed by atoms with Gasteiger partial charge in [0.05, 0.1) is 19.0 Å². The van der Waals surface area contributed by atoms with Crippen molar-refractivity contribution in [1.82, 2.24) is 14.9 Å². The second kappa shape index (κ2) is 3.37. The molecule has 4 heteroatoms. The monoisotopic (exact) mass is 193 g/mol. The van der Waals surface area contributed by atoms with Crippen LogP contribution in [0.1, 0.15) is 24.1 Å². The fourth-order valence-electron chi connectivity index (χ4n) is 2.18. The SMILES string of the molecule is c1ncn(C2CCOC2)c1C1CNC1. The van der Waals surface area contributed by atoms with E-state index in [0.717, 1.165) is 32.7 Å². The molecule has 2 fully saturated rings. The molecule has 1 N–H and O–H groups in total. The molecular formula is C10H15N3O. The number of aromatic nitrogens is 2. The van der Waals surface area contributed by atoms with Gasteiger partial charge in [-0.1, -0.05) is 0 Å². The molecule has 0 bridgehead atoms. The van der Waals surface area contributed by atoms with Crippen molar-refractivity contribution in [3.8, 4) is 0 Å². The second-order valence-corrected chi connectivity index (χ2v) is 4.10. The summed E-state index contributed by atoms with van der Waals surface area (Å²) in [7, 11) is 0. The van der Waals surface area contributed by atoms with Crippen LogP contribution in [0.4, 0.5) is 0 Å². The summed E-state index contributed by atoms with van der Waals surface area (Å²) in [5.74, 6) is 0.665. The Labute approximate surface area is 83.3 Å². The van der Waals surface area contributed by atoms with E-state index >= 15 is 0 Å². The third-order valence-corrected chi connectivity index (χ3v) is 3.19. The van der Waals surface area contributed by atoms with E-state index in [1.165, 1.54) is 5.69 Å². The molecular weight excluding hydrogens is 178 g/mol. The lowest BCUT2D eigenvalue weighted by atomic mass is 9.99. The van der Waals surface area contributed by atoms with Gasteiger partial charge in [0.15, 0.2) is 0 Å². The summed E-state index contributed by atoms with van der Waals surface area (Å²) < 4.78 is 7.71. The molecule has 0 radical (unpaired) electrons. The van der Waals surface area contributed by atoms with Crippen LogP contribution in [-0.2, 0) is 4.74 Å². The molecule has 0 spiro atoms. The maximum absolute atomic E-state index is 5.40. The minimum atomic E-state index is 0.521. The molecule has 2 aliphatic rings. The van der Waals surface area contributed by atoms with Crippen LogP contribution in [0.25, 0.3) is 0 Å². The molecule has 76 valence electrons. The lowest BCUT2D eigenvalue weighted by Crippen LogP contribution is -2.41. The van der Waals surface area contributed by atoms with Crippen LogP contribution in [0, 0.1) is 0 Å². The molecule has 1 aromatic rings. The molecule has 3 heterocycles. The molecule has 1 unspecified atom stereocenters. The average molecular weight is 193 g/mol. The van der Waals surface area contributed by atoms with Crippen LogP contribution < -0.4 is 5.32 Å². The molecule has 14 heavy (non-hydrogen) atoms. The Kier molecular flexibility index (Phi) is 2.03. The quantitative estimate of drug-likeness (QED) is 0.744. The zero-order valence-electron chi connectivity index (χ0n) is 8.15. The van der Waals surface area contributed by atoms with Gasteiger partial charge < -0.3 is 14.6 Å². The first-order valence-electron chi connectivity index (χ1n) is 5.25. The second-order valence-electron chi connectivity index (χ2n) is 4.10. The number of hydrogen-bond donors (Lipinski definition) is 1. The van der Waals surface area contributed by atoms with Crippen molar-refractivity contribution in [2.75, 3.05) is 26.3 Å². The molecule has 2 aliphatic heterocycles. The van der Waals surface area contributed by atoms with Crippen LogP contribution in [0.15, 0.2) is 12.5 Å². The molecule has 2 saturated heterocycles. The fraction of sp³-hybridized carbons (Fsp3) is 0.700. The number of hydrogen-bond acceptors (Lipinski definition) is 3.